The van der Waals surface area contributed by atoms with E-state index in [1.165, 1.54) is 6.07 Å². The molecule has 0 fully saturated rings. The molecule has 1 amide bonds. The van der Waals surface area contributed by atoms with E-state index in [-0.39, 0.29) is 11.6 Å². The summed E-state index contributed by atoms with van der Waals surface area (Å²) in [6, 6.07) is 10.0. The lowest BCUT2D eigenvalue weighted by molar-refractivity contribution is -0.385. The number of carbonyl (C=O) groups is 1. The first-order valence-corrected chi connectivity index (χ1v) is 6.91. The van der Waals surface area contributed by atoms with Crippen LogP contribution in [0.2, 0.25) is 5.02 Å². The molecule has 1 aliphatic heterocycles. The maximum absolute atomic E-state index is 12.1. The van der Waals surface area contributed by atoms with Crippen LogP contribution < -0.4 is 5.32 Å². The van der Waals surface area contributed by atoms with Gasteiger partial charge in [0.05, 0.1) is 10.6 Å². The molecule has 110 valence electrons. The Bertz CT molecular complexity index is 843. The summed E-state index contributed by atoms with van der Waals surface area (Å²) in [5.41, 5.74) is 3.05. The van der Waals surface area contributed by atoms with Gasteiger partial charge in [-0.1, -0.05) is 29.8 Å². The van der Waals surface area contributed by atoms with E-state index in [1.807, 2.05) is 0 Å². The van der Waals surface area contributed by atoms with Crippen LogP contribution in [0.3, 0.4) is 0 Å². The number of hydrogen-bond acceptors (Lipinski definition) is 3. The minimum atomic E-state index is -0.431. The van der Waals surface area contributed by atoms with E-state index < -0.39 is 4.92 Å². The molecule has 1 aliphatic rings. The van der Waals surface area contributed by atoms with Crippen LogP contribution in [-0.2, 0) is 4.79 Å². The normalized spacial score (nSPS) is 14.8. The number of nitrogens with one attached hydrogen (secondary N) is 1. The second-order valence-corrected chi connectivity index (χ2v) is 5.44. The fraction of sp³-hybridized carbons (Fsp3) is 0.0625. The number of anilines is 1. The highest BCUT2D eigenvalue weighted by Crippen LogP contribution is 2.35. The zero-order valence-corrected chi connectivity index (χ0v) is 12.3. The highest BCUT2D eigenvalue weighted by Gasteiger charge is 2.24. The quantitative estimate of drug-likeness (QED) is 0.516. The van der Waals surface area contributed by atoms with Crippen LogP contribution in [0.5, 0.6) is 0 Å². The lowest BCUT2D eigenvalue weighted by Gasteiger charge is -2.01. The van der Waals surface area contributed by atoms with Crippen LogP contribution in [-0.4, -0.2) is 10.8 Å². The summed E-state index contributed by atoms with van der Waals surface area (Å²) < 4.78 is 0. The summed E-state index contributed by atoms with van der Waals surface area (Å²) in [5.74, 6) is -0.250. The minimum Gasteiger partial charge on any atom is -0.321 e. The van der Waals surface area contributed by atoms with E-state index >= 15 is 0 Å². The number of carbonyl (C=O) groups excluding carboxylic acids is 1. The highest BCUT2D eigenvalue weighted by atomic mass is 35.5. The van der Waals surface area contributed by atoms with Crippen molar-refractivity contribution in [1.29, 1.82) is 0 Å². The molecular formula is C16H11ClN2O3. The van der Waals surface area contributed by atoms with E-state index in [0.29, 0.717) is 27.4 Å². The summed E-state index contributed by atoms with van der Waals surface area (Å²) in [5, 5.41) is 14.3. The number of fused-ring (bicyclic) bond motifs is 1. The number of aryl methyl sites for hydroxylation is 1. The van der Waals surface area contributed by atoms with Crippen molar-refractivity contribution in [2.24, 2.45) is 0 Å². The van der Waals surface area contributed by atoms with Crippen LogP contribution in [0.25, 0.3) is 11.6 Å². The van der Waals surface area contributed by atoms with Crippen molar-refractivity contribution in [2.45, 2.75) is 6.92 Å². The number of amides is 1. The van der Waals surface area contributed by atoms with Crippen molar-refractivity contribution in [3.63, 3.8) is 0 Å². The number of benzene rings is 2. The van der Waals surface area contributed by atoms with Gasteiger partial charge < -0.3 is 5.32 Å². The Balaban J connectivity index is 2.09. The van der Waals surface area contributed by atoms with E-state index in [1.54, 1.807) is 43.3 Å². The SMILES string of the molecule is Cc1ccc(/C=C2/C(=O)Nc3cc(Cl)ccc32)cc1[N+](=O)[O-]. The van der Waals surface area contributed by atoms with Crippen LogP contribution in [0.1, 0.15) is 16.7 Å². The molecule has 5 nitrogen and oxygen atoms in total. The molecule has 0 saturated heterocycles. The van der Waals surface area contributed by atoms with Gasteiger partial charge in [0, 0.05) is 27.8 Å². The van der Waals surface area contributed by atoms with Crippen molar-refractivity contribution in [2.75, 3.05) is 5.32 Å². The van der Waals surface area contributed by atoms with Gasteiger partial charge in [-0.05, 0) is 30.7 Å². The largest absolute Gasteiger partial charge is 0.321 e. The molecule has 0 aromatic heterocycles. The molecule has 1 N–H and O–H groups in total. The molecule has 2 aromatic carbocycles. The average molecular weight is 315 g/mol. The molecule has 0 saturated carbocycles. The van der Waals surface area contributed by atoms with Gasteiger partial charge in [0.25, 0.3) is 11.6 Å². The third-order valence-corrected chi connectivity index (χ3v) is 3.74. The van der Waals surface area contributed by atoms with Gasteiger partial charge in [-0.15, -0.1) is 0 Å². The zero-order chi connectivity index (χ0) is 15.9. The highest BCUT2D eigenvalue weighted by molar-refractivity contribution is 6.36. The number of nitrogens with zero attached hydrogens (tertiary/aromatic N) is 1. The average Bonchev–Trinajstić information content (AvgIpc) is 2.76. The van der Waals surface area contributed by atoms with Crippen LogP contribution in [0.15, 0.2) is 36.4 Å². The molecule has 0 atom stereocenters. The Morgan fingerprint density at radius 2 is 2.00 bits per heavy atom. The first-order chi connectivity index (χ1) is 10.5. The number of nitro benzene ring substituents is 1. The number of rotatable bonds is 2. The van der Waals surface area contributed by atoms with Crippen LogP contribution in [0.4, 0.5) is 11.4 Å². The first-order valence-electron chi connectivity index (χ1n) is 6.54. The lowest BCUT2D eigenvalue weighted by atomic mass is 10.0. The van der Waals surface area contributed by atoms with Crippen LogP contribution in [0, 0.1) is 17.0 Å². The smallest absolute Gasteiger partial charge is 0.272 e. The maximum Gasteiger partial charge on any atom is 0.272 e. The number of hydrogen-bond donors (Lipinski definition) is 1. The Morgan fingerprint density at radius 1 is 1.23 bits per heavy atom. The summed E-state index contributed by atoms with van der Waals surface area (Å²) in [6.07, 6.45) is 1.64. The Labute approximate surface area is 131 Å². The molecule has 6 heteroatoms. The van der Waals surface area contributed by atoms with E-state index in [4.69, 9.17) is 11.6 Å². The summed E-state index contributed by atoms with van der Waals surface area (Å²) in [4.78, 5) is 22.6. The van der Waals surface area contributed by atoms with Gasteiger partial charge in [-0.2, -0.15) is 0 Å². The van der Waals surface area contributed by atoms with Gasteiger partial charge in [-0.25, -0.2) is 0 Å². The van der Waals surface area contributed by atoms with Gasteiger partial charge in [0.1, 0.15) is 0 Å². The molecular weight excluding hydrogens is 304 g/mol. The third kappa shape index (κ3) is 2.46. The monoisotopic (exact) mass is 314 g/mol. The fourth-order valence-corrected chi connectivity index (χ4v) is 2.56. The Hall–Kier alpha value is -2.66. The third-order valence-electron chi connectivity index (χ3n) is 3.51. The Morgan fingerprint density at radius 3 is 2.73 bits per heavy atom. The van der Waals surface area contributed by atoms with E-state index in [0.717, 1.165) is 5.56 Å². The predicted octanol–water partition coefficient (Wildman–Crippen LogP) is 4.05. The molecule has 0 radical (unpaired) electrons. The van der Waals surface area contributed by atoms with Crippen molar-refractivity contribution < 1.29 is 9.72 Å². The van der Waals surface area contributed by atoms with Gasteiger partial charge in [0.15, 0.2) is 0 Å². The molecule has 0 bridgehead atoms. The van der Waals surface area contributed by atoms with E-state index in [2.05, 4.69) is 5.32 Å². The second-order valence-electron chi connectivity index (χ2n) is 5.01. The second kappa shape index (κ2) is 5.27. The summed E-state index contributed by atoms with van der Waals surface area (Å²) >= 11 is 5.91. The van der Waals surface area contributed by atoms with Gasteiger partial charge in [0.2, 0.25) is 0 Å². The number of halogens is 1. The molecule has 2 aromatic rings. The summed E-state index contributed by atoms with van der Waals surface area (Å²) in [6.45, 7) is 1.68. The van der Waals surface area contributed by atoms with Crippen molar-refractivity contribution in [1.82, 2.24) is 0 Å². The van der Waals surface area contributed by atoms with Gasteiger partial charge >= 0.3 is 0 Å². The first kappa shape index (κ1) is 14.3. The van der Waals surface area contributed by atoms with Crippen molar-refractivity contribution in [3.05, 3.63) is 68.2 Å². The maximum atomic E-state index is 12.1. The summed E-state index contributed by atoms with van der Waals surface area (Å²) in [7, 11) is 0. The lowest BCUT2D eigenvalue weighted by Crippen LogP contribution is -2.03. The van der Waals surface area contributed by atoms with Crippen LogP contribution >= 0.6 is 11.6 Å². The predicted molar refractivity (Wildman–Crippen MR) is 85.8 cm³/mol. The minimum absolute atomic E-state index is 0.0316. The standard InChI is InChI=1S/C16H11ClN2O3/c1-9-2-3-10(7-15(9)19(21)22)6-13-12-5-4-11(17)8-14(12)18-16(13)20/h2-8H,1H3,(H,18,20)/b13-6+. The van der Waals surface area contributed by atoms with E-state index in [9.17, 15) is 14.9 Å². The number of nitro groups is 1. The molecule has 3 rings (SSSR count). The molecule has 0 unspecified atom stereocenters. The molecule has 0 spiro atoms. The van der Waals surface area contributed by atoms with Crippen molar-refractivity contribution >= 4 is 40.5 Å². The molecule has 22 heavy (non-hydrogen) atoms. The van der Waals surface area contributed by atoms with Gasteiger partial charge in [-0.3, -0.25) is 14.9 Å². The topological polar surface area (TPSA) is 72.2 Å². The fourth-order valence-electron chi connectivity index (χ4n) is 2.39. The van der Waals surface area contributed by atoms with Crippen molar-refractivity contribution in [3.8, 4) is 0 Å². The molecule has 0 aliphatic carbocycles. The Kier molecular flexibility index (Phi) is 3.42. The zero-order valence-electron chi connectivity index (χ0n) is 11.6. The molecule has 1 heterocycles.